The molecule has 0 aliphatic heterocycles. The zero-order valence-corrected chi connectivity index (χ0v) is 20.9. The Hall–Kier alpha value is -3.30. The summed E-state index contributed by atoms with van der Waals surface area (Å²) in [6.45, 7) is 10.6. The average molecular weight is 479 g/mol. The number of nitrogens with two attached hydrogens (primary N) is 1. The number of primary amides is 1. The summed E-state index contributed by atoms with van der Waals surface area (Å²) in [5.41, 5.74) is 4.74. The van der Waals surface area contributed by atoms with E-state index in [-0.39, 0.29) is 23.9 Å². The van der Waals surface area contributed by atoms with Crippen molar-refractivity contribution in [3.05, 3.63) is 29.8 Å². The lowest BCUT2D eigenvalue weighted by Gasteiger charge is -2.35. The number of carbonyl (C=O) groups excluding carboxylic acids is 4. The molecular formula is C24H38N4O6. The molecule has 10 heteroatoms. The van der Waals surface area contributed by atoms with Crippen molar-refractivity contribution < 1.29 is 29.0 Å². The molecule has 1 rings (SSSR count). The second kappa shape index (κ2) is 12.8. The summed E-state index contributed by atoms with van der Waals surface area (Å²) in [5.74, 6) is -2.16. The number of nitrogens with one attached hydrogen (secondary N) is 2. The van der Waals surface area contributed by atoms with Gasteiger partial charge in [-0.15, -0.1) is 0 Å². The molecule has 0 aliphatic rings. The number of amides is 4. The fraction of sp³-hybridized carbons (Fsp3) is 0.583. The van der Waals surface area contributed by atoms with Crippen molar-refractivity contribution in [1.82, 2.24) is 15.5 Å². The fourth-order valence-electron chi connectivity index (χ4n) is 3.28. The van der Waals surface area contributed by atoms with Crippen molar-refractivity contribution in [2.24, 2.45) is 5.73 Å². The van der Waals surface area contributed by atoms with Gasteiger partial charge in [0, 0.05) is 18.2 Å². The number of rotatable bonds is 11. The molecule has 34 heavy (non-hydrogen) atoms. The molecule has 0 aromatic heterocycles. The predicted octanol–water partition coefficient (Wildman–Crippen LogP) is 2.36. The molecule has 0 saturated carbocycles. The Balaban J connectivity index is 3.48. The Morgan fingerprint density at radius 2 is 1.74 bits per heavy atom. The summed E-state index contributed by atoms with van der Waals surface area (Å²) in [4.78, 5) is 52.3. The summed E-state index contributed by atoms with van der Waals surface area (Å²) in [6.07, 6.45) is -0.128. The van der Waals surface area contributed by atoms with Gasteiger partial charge in [-0.1, -0.05) is 31.5 Å². The smallest absolute Gasteiger partial charge is 0.408 e. The highest BCUT2D eigenvalue weighted by Crippen LogP contribution is 2.30. The lowest BCUT2D eigenvalue weighted by Crippen LogP contribution is -2.54. The van der Waals surface area contributed by atoms with E-state index in [9.17, 15) is 24.3 Å². The van der Waals surface area contributed by atoms with Gasteiger partial charge in [0.1, 0.15) is 23.4 Å². The van der Waals surface area contributed by atoms with Gasteiger partial charge in [-0.3, -0.25) is 14.4 Å². The number of hydrogen-bond acceptors (Lipinski definition) is 6. The highest BCUT2D eigenvalue weighted by atomic mass is 16.6. The summed E-state index contributed by atoms with van der Waals surface area (Å²) in [6, 6.07) is 3.44. The lowest BCUT2D eigenvalue weighted by atomic mass is 10.00. The minimum absolute atomic E-state index is 0.144. The van der Waals surface area contributed by atoms with Crippen LogP contribution in [0.5, 0.6) is 5.75 Å². The standard InChI is InChI=1S/C24H38N4O6/c1-7-8-13-28(20(21(31)26-15(2)3)16-11-9-10-12-18(16)29)22(32)17(14-19(25)30)27-23(33)34-24(4,5)6/h9-12,15,17,20,29H,7-8,13-14H2,1-6H3,(H2,25,30)(H,26,31)(H,27,33). The van der Waals surface area contributed by atoms with Crippen molar-refractivity contribution in [3.8, 4) is 5.75 Å². The van der Waals surface area contributed by atoms with Gasteiger partial charge in [0.15, 0.2) is 0 Å². The highest BCUT2D eigenvalue weighted by molar-refractivity contribution is 5.94. The molecule has 10 nitrogen and oxygen atoms in total. The number of benzene rings is 1. The van der Waals surface area contributed by atoms with E-state index in [1.54, 1.807) is 52.8 Å². The van der Waals surface area contributed by atoms with Crippen LogP contribution in [0.15, 0.2) is 24.3 Å². The third-order valence-corrected chi connectivity index (χ3v) is 4.65. The number of para-hydroxylation sites is 1. The molecule has 190 valence electrons. The van der Waals surface area contributed by atoms with Gasteiger partial charge in [-0.2, -0.15) is 0 Å². The van der Waals surface area contributed by atoms with Gasteiger partial charge in [-0.25, -0.2) is 4.79 Å². The van der Waals surface area contributed by atoms with Crippen LogP contribution in [0.1, 0.15) is 72.4 Å². The van der Waals surface area contributed by atoms with Gasteiger partial charge in [0.05, 0.1) is 6.42 Å². The van der Waals surface area contributed by atoms with Crippen molar-refractivity contribution in [1.29, 1.82) is 0 Å². The zero-order chi connectivity index (χ0) is 26.1. The van der Waals surface area contributed by atoms with E-state index >= 15 is 0 Å². The lowest BCUT2D eigenvalue weighted by molar-refractivity contribution is -0.143. The minimum Gasteiger partial charge on any atom is -0.508 e. The molecule has 1 aromatic carbocycles. The maximum Gasteiger partial charge on any atom is 0.408 e. The van der Waals surface area contributed by atoms with E-state index in [1.165, 1.54) is 11.0 Å². The first-order valence-electron chi connectivity index (χ1n) is 11.4. The molecule has 0 heterocycles. The molecule has 5 N–H and O–H groups in total. The van der Waals surface area contributed by atoms with Crippen LogP contribution in [0.2, 0.25) is 0 Å². The van der Waals surface area contributed by atoms with Crippen LogP contribution in [0, 0.1) is 0 Å². The van der Waals surface area contributed by atoms with E-state index in [1.807, 2.05) is 6.92 Å². The summed E-state index contributed by atoms with van der Waals surface area (Å²) < 4.78 is 5.23. The Labute approximate surface area is 201 Å². The van der Waals surface area contributed by atoms with Gasteiger partial charge < -0.3 is 31.1 Å². The van der Waals surface area contributed by atoms with Crippen molar-refractivity contribution in [2.75, 3.05) is 6.54 Å². The number of aromatic hydroxyl groups is 1. The summed E-state index contributed by atoms with van der Waals surface area (Å²) in [7, 11) is 0. The number of phenolic OH excluding ortho intramolecular Hbond substituents is 1. The van der Waals surface area contributed by atoms with Crippen molar-refractivity contribution >= 4 is 23.8 Å². The summed E-state index contributed by atoms with van der Waals surface area (Å²) >= 11 is 0. The third-order valence-electron chi connectivity index (χ3n) is 4.65. The van der Waals surface area contributed by atoms with Crippen LogP contribution in [-0.2, 0) is 19.1 Å². The molecular weight excluding hydrogens is 440 g/mol. The molecule has 0 bridgehead atoms. The molecule has 0 spiro atoms. The molecule has 0 fully saturated rings. The largest absolute Gasteiger partial charge is 0.508 e. The highest BCUT2D eigenvalue weighted by Gasteiger charge is 2.37. The number of phenols is 1. The SMILES string of the molecule is CCCCN(C(=O)C(CC(N)=O)NC(=O)OC(C)(C)C)C(C(=O)NC(C)C)c1ccccc1O. The average Bonchev–Trinajstić information content (AvgIpc) is 2.68. The normalized spacial score (nSPS) is 13.0. The summed E-state index contributed by atoms with van der Waals surface area (Å²) in [5, 5.41) is 15.7. The van der Waals surface area contributed by atoms with Gasteiger partial charge in [0.25, 0.3) is 0 Å². The second-order valence-electron chi connectivity index (χ2n) is 9.38. The maximum absolute atomic E-state index is 13.7. The second-order valence-corrected chi connectivity index (χ2v) is 9.38. The fourth-order valence-corrected chi connectivity index (χ4v) is 3.28. The third kappa shape index (κ3) is 9.29. The molecule has 0 radical (unpaired) electrons. The number of carbonyl (C=O) groups is 4. The van der Waals surface area contributed by atoms with Crippen LogP contribution in [0.4, 0.5) is 4.79 Å². The van der Waals surface area contributed by atoms with E-state index < -0.39 is 47.9 Å². The first-order valence-corrected chi connectivity index (χ1v) is 11.4. The predicted molar refractivity (Wildman–Crippen MR) is 128 cm³/mol. The van der Waals surface area contributed by atoms with Crippen LogP contribution >= 0.6 is 0 Å². The van der Waals surface area contributed by atoms with Gasteiger partial charge >= 0.3 is 6.09 Å². The first-order chi connectivity index (χ1) is 15.8. The van der Waals surface area contributed by atoms with E-state index in [2.05, 4.69) is 10.6 Å². The maximum atomic E-state index is 13.7. The van der Waals surface area contributed by atoms with Crippen molar-refractivity contribution in [2.45, 2.75) is 84.5 Å². The molecule has 4 amide bonds. The van der Waals surface area contributed by atoms with Crippen LogP contribution in [0.25, 0.3) is 0 Å². The number of ether oxygens (including phenoxy) is 1. The first kappa shape index (κ1) is 28.7. The van der Waals surface area contributed by atoms with Crippen LogP contribution in [-0.4, -0.2) is 58.1 Å². The monoisotopic (exact) mass is 478 g/mol. The minimum atomic E-state index is -1.36. The number of unbranched alkanes of at least 4 members (excludes halogenated alkanes) is 1. The van der Waals surface area contributed by atoms with Gasteiger partial charge in [0.2, 0.25) is 17.7 Å². The van der Waals surface area contributed by atoms with Crippen molar-refractivity contribution in [3.63, 3.8) is 0 Å². The van der Waals surface area contributed by atoms with Crippen LogP contribution in [0.3, 0.4) is 0 Å². The number of hydrogen-bond donors (Lipinski definition) is 4. The molecule has 0 saturated heterocycles. The number of nitrogens with zero attached hydrogens (tertiary/aromatic N) is 1. The van der Waals surface area contributed by atoms with E-state index in [0.717, 1.165) is 0 Å². The quantitative estimate of drug-likeness (QED) is 0.383. The Morgan fingerprint density at radius 3 is 2.24 bits per heavy atom. The Bertz CT molecular complexity index is 865. The zero-order valence-electron chi connectivity index (χ0n) is 20.9. The Morgan fingerprint density at radius 1 is 1.12 bits per heavy atom. The van der Waals surface area contributed by atoms with Crippen LogP contribution < -0.4 is 16.4 Å². The topological polar surface area (TPSA) is 151 Å². The van der Waals surface area contributed by atoms with E-state index in [4.69, 9.17) is 10.5 Å². The Kier molecular flexibility index (Phi) is 10.8. The molecule has 1 aromatic rings. The molecule has 2 unspecified atom stereocenters. The van der Waals surface area contributed by atoms with Gasteiger partial charge in [-0.05, 0) is 47.1 Å². The number of alkyl carbamates (subject to hydrolysis) is 1. The molecule has 2 atom stereocenters. The molecule has 0 aliphatic carbocycles. The van der Waals surface area contributed by atoms with E-state index in [0.29, 0.717) is 12.8 Å².